The molecule has 1 aromatic rings. The first-order chi connectivity index (χ1) is 6.20. The highest BCUT2D eigenvalue weighted by Gasteiger charge is 1.99. The van der Waals surface area contributed by atoms with Crippen molar-refractivity contribution < 1.29 is 9.90 Å². The molecule has 0 atom stereocenters. The van der Waals surface area contributed by atoms with E-state index in [-0.39, 0.29) is 5.75 Å². The average molecular weight is 196 g/mol. The van der Waals surface area contributed by atoms with Gasteiger partial charge in [0, 0.05) is 5.75 Å². The normalized spacial score (nSPS) is 9.92. The molecular formula is C10H12O2S. The first kappa shape index (κ1) is 10.1. The molecule has 1 rings (SSSR count). The molecule has 0 aliphatic rings. The average Bonchev–Trinajstić information content (AvgIpc) is 2.08. The van der Waals surface area contributed by atoms with Crippen LogP contribution >= 0.6 is 11.8 Å². The summed E-state index contributed by atoms with van der Waals surface area (Å²) in [6.45, 7) is 2.04. The lowest BCUT2D eigenvalue weighted by Gasteiger charge is -2.02. The van der Waals surface area contributed by atoms with Crippen LogP contribution in [0.4, 0.5) is 0 Å². The van der Waals surface area contributed by atoms with Crippen molar-refractivity contribution in [3.8, 4) is 0 Å². The first-order valence-corrected chi connectivity index (χ1v) is 5.19. The van der Waals surface area contributed by atoms with E-state index in [9.17, 15) is 4.79 Å². The second-order valence-corrected chi connectivity index (χ2v) is 3.80. The van der Waals surface area contributed by atoms with E-state index in [0.717, 1.165) is 5.75 Å². The molecule has 0 fully saturated rings. The molecule has 0 spiro atoms. The van der Waals surface area contributed by atoms with Gasteiger partial charge in [0.25, 0.3) is 0 Å². The van der Waals surface area contributed by atoms with Crippen molar-refractivity contribution in [3.05, 3.63) is 35.4 Å². The highest BCUT2D eigenvalue weighted by atomic mass is 32.2. The van der Waals surface area contributed by atoms with Crippen LogP contribution in [0.2, 0.25) is 0 Å². The van der Waals surface area contributed by atoms with Crippen molar-refractivity contribution in [3.63, 3.8) is 0 Å². The number of carboxylic acid groups (broad SMARTS) is 1. The number of benzene rings is 1. The van der Waals surface area contributed by atoms with Gasteiger partial charge < -0.3 is 5.11 Å². The summed E-state index contributed by atoms with van der Waals surface area (Å²) in [5, 5.41) is 8.44. The smallest absolute Gasteiger partial charge is 0.313 e. The van der Waals surface area contributed by atoms with Gasteiger partial charge >= 0.3 is 5.97 Å². The van der Waals surface area contributed by atoms with E-state index in [1.54, 1.807) is 0 Å². The molecule has 0 heterocycles. The monoisotopic (exact) mass is 196 g/mol. The lowest BCUT2D eigenvalue weighted by atomic mass is 10.1. The summed E-state index contributed by atoms with van der Waals surface area (Å²) in [5.41, 5.74) is 2.44. The number of hydrogen-bond donors (Lipinski definition) is 1. The summed E-state index contributed by atoms with van der Waals surface area (Å²) in [5.74, 6) is 0.200. The SMILES string of the molecule is Cc1ccccc1CSCC(=O)O. The van der Waals surface area contributed by atoms with Crippen molar-refractivity contribution in [1.82, 2.24) is 0 Å². The fourth-order valence-corrected chi connectivity index (χ4v) is 1.84. The highest BCUT2D eigenvalue weighted by Crippen LogP contribution is 2.15. The van der Waals surface area contributed by atoms with Crippen molar-refractivity contribution >= 4 is 17.7 Å². The topological polar surface area (TPSA) is 37.3 Å². The molecule has 0 saturated carbocycles. The maximum Gasteiger partial charge on any atom is 0.313 e. The molecule has 2 nitrogen and oxygen atoms in total. The van der Waals surface area contributed by atoms with E-state index in [2.05, 4.69) is 0 Å². The van der Waals surface area contributed by atoms with Gasteiger partial charge in [0.2, 0.25) is 0 Å². The number of thioether (sulfide) groups is 1. The molecule has 0 aromatic heterocycles. The zero-order valence-corrected chi connectivity index (χ0v) is 8.30. The molecule has 13 heavy (non-hydrogen) atoms. The van der Waals surface area contributed by atoms with Crippen molar-refractivity contribution in [2.75, 3.05) is 5.75 Å². The van der Waals surface area contributed by atoms with Gasteiger partial charge in [0.1, 0.15) is 0 Å². The zero-order chi connectivity index (χ0) is 9.68. The Morgan fingerprint density at radius 1 is 1.46 bits per heavy atom. The van der Waals surface area contributed by atoms with Crippen LogP contribution in [0.15, 0.2) is 24.3 Å². The molecule has 0 aliphatic carbocycles. The Morgan fingerprint density at radius 2 is 2.15 bits per heavy atom. The van der Waals surface area contributed by atoms with Gasteiger partial charge in [-0.1, -0.05) is 24.3 Å². The molecule has 1 aromatic carbocycles. The molecule has 0 radical (unpaired) electrons. The van der Waals surface area contributed by atoms with Crippen molar-refractivity contribution in [2.45, 2.75) is 12.7 Å². The van der Waals surface area contributed by atoms with Gasteiger partial charge in [-0.05, 0) is 18.1 Å². The Balaban J connectivity index is 2.45. The predicted octanol–water partition coefficient (Wildman–Crippen LogP) is 2.31. The number of carboxylic acids is 1. The zero-order valence-electron chi connectivity index (χ0n) is 7.49. The number of aliphatic carboxylic acids is 1. The molecule has 3 heteroatoms. The van der Waals surface area contributed by atoms with Crippen LogP contribution in [0.25, 0.3) is 0 Å². The lowest BCUT2D eigenvalue weighted by molar-refractivity contribution is -0.133. The molecule has 0 bridgehead atoms. The molecule has 1 N–H and O–H groups in total. The maximum atomic E-state index is 10.3. The third kappa shape index (κ3) is 3.51. The van der Waals surface area contributed by atoms with Gasteiger partial charge in [-0.3, -0.25) is 4.79 Å². The van der Waals surface area contributed by atoms with Crippen molar-refractivity contribution in [2.24, 2.45) is 0 Å². The van der Waals surface area contributed by atoms with Crippen LogP contribution in [0.1, 0.15) is 11.1 Å². The first-order valence-electron chi connectivity index (χ1n) is 4.04. The number of carbonyl (C=O) groups is 1. The molecule has 70 valence electrons. The van der Waals surface area contributed by atoms with Crippen LogP contribution in [0.5, 0.6) is 0 Å². The third-order valence-corrected chi connectivity index (χ3v) is 2.71. The lowest BCUT2D eigenvalue weighted by Crippen LogP contribution is -1.98. The summed E-state index contributed by atoms with van der Waals surface area (Å²) >= 11 is 1.43. The fraction of sp³-hybridized carbons (Fsp3) is 0.300. The summed E-state index contributed by atoms with van der Waals surface area (Å²) < 4.78 is 0. The molecule has 0 saturated heterocycles. The van der Waals surface area contributed by atoms with E-state index in [0.29, 0.717) is 0 Å². The van der Waals surface area contributed by atoms with Gasteiger partial charge in [0.15, 0.2) is 0 Å². The Kier molecular flexibility index (Phi) is 3.83. The number of hydrogen-bond acceptors (Lipinski definition) is 2. The highest BCUT2D eigenvalue weighted by molar-refractivity contribution is 7.99. The summed E-state index contributed by atoms with van der Waals surface area (Å²) in [7, 11) is 0. The minimum absolute atomic E-state index is 0.175. The number of aryl methyl sites for hydroxylation is 1. The van der Waals surface area contributed by atoms with Gasteiger partial charge in [0.05, 0.1) is 5.75 Å². The second kappa shape index (κ2) is 4.92. The molecule has 0 aliphatic heterocycles. The number of rotatable bonds is 4. The quantitative estimate of drug-likeness (QED) is 0.803. The van der Waals surface area contributed by atoms with Crippen LogP contribution in [-0.2, 0) is 10.5 Å². The van der Waals surface area contributed by atoms with Crippen LogP contribution < -0.4 is 0 Å². The summed E-state index contributed by atoms with van der Waals surface area (Å²) in [6, 6.07) is 8.03. The van der Waals surface area contributed by atoms with Crippen LogP contribution in [0.3, 0.4) is 0 Å². The maximum absolute atomic E-state index is 10.3. The Hall–Kier alpha value is -0.960. The van der Waals surface area contributed by atoms with Crippen LogP contribution in [-0.4, -0.2) is 16.8 Å². The summed E-state index contributed by atoms with van der Waals surface area (Å²) in [6.07, 6.45) is 0. The van der Waals surface area contributed by atoms with Gasteiger partial charge in [-0.15, -0.1) is 11.8 Å². The predicted molar refractivity (Wildman–Crippen MR) is 55.0 cm³/mol. The van der Waals surface area contributed by atoms with Crippen molar-refractivity contribution in [1.29, 1.82) is 0 Å². The third-order valence-electron chi connectivity index (χ3n) is 1.74. The molecule has 0 unspecified atom stereocenters. The minimum atomic E-state index is -0.751. The molecular weight excluding hydrogens is 184 g/mol. The van der Waals surface area contributed by atoms with E-state index < -0.39 is 5.97 Å². The van der Waals surface area contributed by atoms with E-state index >= 15 is 0 Å². The minimum Gasteiger partial charge on any atom is -0.481 e. The summed E-state index contributed by atoms with van der Waals surface area (Å²) in [4.78, 5) is 10.3. The van der Waals surface area contributed by atoms with E-state index in [1.807, 2.05) is 31.2 Å². The van der Waals surface area contributed by atoms with E-state index in [4.69, 9.17) is 5.11 Å². The fourth-order valence-electron chi connectivity index (χ4n) is 1.02. The van der Waals surface area contributed by atoms with E-state index in [1.165, 1.54) is 22.9 Å². The van der Waals surface area contributed by atoms with Gasteiger partial charge in [-0.25, -0.2) is 0 Å². The Morgan fingerprint density at radius 3 is 2.77 bits per heavy atom. The largest absolute Gasteiger partial charge is 0.481 e. The standard InChI is InChI=1S/C10H12O2S/c1-8-4-2-3-5-9(8)6-13-7-10(11)12/h2-5H,6-7H2,1H3,(H,11,12). The Labute approximate surface area is 82.0 Å². The molecule has 0 amide bonds. The Bertz CT molecular complexity index is 297. The van der Waals surface area contributed by atoms with Crippen LogP contribution in [0, 0.1) is 6.92 Å². The second-order valence-electron chi connectivity index (χ2n) is 2.81. The van der Waals surface area contributed by atoms with Gasteiger partial charge in [-0.2, -0.15) is 0 Å².